The number of nitrogens with zero attached hydrogens (tertiary/aromatic N) is 4. The average molecular weight is 304 g/mol. The molecule has 0 aromatic carbocycles. The Kier molecular flexibility index (Phi) is 5.35. The van der Waals surface area contributed by atoms with E-state index in [9.17, 15) is 9.59 Å². The van der Waals surface area contributed by atoms with Crippen molar-refractivity contribution in [1.82, 2.24) is 18.7 Å². The van der Waals surface area contributed by atoms with Crippen molar-refractivity contribution in [2.75, 3.05) is 0 Å². The van der Waals surface area contributed by atoms with Crippen molar-refractivity contribution in [2.24, 2.45) is 14.1 Å². The maximum Gasteiger partial charge on any atom is 0.336 e. The molecule has 2 aromatic heterocycles. The SMILES string of the molecule is CCCCCCCC=Cn1c(=O)c2c(ncn2C)n(C)c1=O. The zero-order valence-corrected chi connectivity index (χ0v) is 13.6. The Morgan fingerprint density at radius 2 is 1.86 bits per heavy atom. The molecular formula is C16H24N4O2. The first-order valence-corrected chi connectivity index (χ1v) is 7.87. The van der Waals surface area contributed by atoms with Gasteiger partial charge >= 0.3 is 5.69 Å². The first-order valence-electron chi connectivity index (χ1n) is 7.87. The molecular weight excluding hydrogens is 280 g/mol. The van der Waals surface area contributed by atoms with E-state index in [0.717, 1.165) is 17.4 Å². The number of unbranched alkanes of at least 4 members (excludes halogenated alkanes) is 5. The summed E-state index contributed by atoms with van der Waals surface area (Å²) < 4.78 is 4.21. The third-order valence-electron chi connectivity index (χ3n) is 3.88. The highest BCUT2D eigenvalue weighted by Crippen LogP contribution is 2.06. The standard InChI is InChI=1S/C16H24N4O2/c1-4-5-6-7-8-9-10-11-20-15(21)13-14(17-12-18(13)2)19(3)16(20)22/h10-12H,4-9H2,1-3H3. The van der Waals surface area contributed by atoms with Gasteiger partial charge in [0.05, 0.1) is 6.33 Å². The predicted molar refractivity (Wildman–Crippen MR) is 88.9 cm³/mol. The molecule has 0 bridgehead atoms. The summed E-state index contributed by atoms with van der Waals surface area (Å²) in [7, 11) is 3.38. The molecule has 2 rings (SSSR count). The molecule has 0 unspecified atom stereocenters. The molecule has 2 heterocycles. The summed E-state index contributed by atoms with van der Waals surface area (Å²) in [5.74, 6) is 0. The van der Waals surface area contributed by atoms with Gasteiger partial charge in [-0.2, -0.15) is 0 Å². The molecule has 0 amide bonds. The highest BCUT2D eigenvalue weighted by molar-refractivity contribution is 5.70. The van der Waals surface area contributed by atoms with Gasteiger partial charge in [-0.25, -0.2) is 14.3 Å². The Bertz CT molecular complexity index is 780. The highest BCUT2D eigenvalue weighted by atomic mass is 16.2. The van der Waals surface area contributed by atoms with Gasteiger partial charge in [-0.1, -0.05) is 38.7 Å². The molecule has 0 atom stereocenters. The Labute approximate surface area is 129 Å². The van der Waals surface area contributed by atoms with Crippen molar-refractivity contribution < 1.29 is 0 Å². The fraction of sp³-hybridized carbons (Fsp3) is 0.562. The molecule has 6 nitrogen and oxygen atoms in total. The van der Waals surface area contributed by atoms with E-state index in [1.807, 2.05) is 6.08 Å². The zero-order valence-electron chi connectivity index (χ0n) is 13.6. The minimum absolute atomic E-state index is 0.319. The number of hydrogen-bond donors (Lipinski definition) is 0. The average Bonchev–Trinajstić information content (AvgIpc) is 2.89. The number of imidazole rings is 1. The fourth-order valence-corrected chi connectivity index (χ4v) is 2.54. The molecule has 0 aliphatic carbocycles. The van der Waals surface area contributed by atoms with E-state index in [1.165, 1.54) is 30.3 Å². The molecule has 0 N–H and O–H groups in total. The summed E-state index contributed by atoms with van der Waals surface area (Å²) in [6.07, 6.45) is 11.9. The van der Waals surface area contributed by atoms with Gasteiger partial charge in [0.2, 0.25) is 0 Å². The fourth-order valence-electron chi connectivity index (χ4n) is 2.54. The van der Waals surface area contributed by atoms with Crippen molar-refractivity contribution in [3.63, 3.8) is 0 Å². The molecule has 120 valence electrons. The first kappa shape index (κ1) is 16.3. The minimum atomic E-state index is -0.363. The largest absolute Gasteiger partial charge is 0.336 e. The molecule has 22 heavy (non-hydrogen) atoms. The number of aromatic nitrogens is 4. The summed E-state index contributed by atoms with van der Waals surface area (Å²) in [5, 5.41) is 0. The molecule has 0 saturated carbocycles. The summed E-state index contributed by atoms with van der Waals surface area (Å²) in [4.78, 5) is 28.8. The normalized spacial score (nSPS) is 11.8. The van der Waals surface area contributed by atoms with Crippen molar-refractivity contribution in [3.05, 3.63) is 33.2 Å². The van der Waals surface area contributed by atoms with Crippen LogP contribution < -0.4 is 11.2 Å². The lowest BCUT2D eigenvalue weighted by molar-refractivity contribution is 0.637. The van der Waals surface area contributed by atoms with Crippen LogP contribution in [0.25, 0.3) is 17.4 Å². The van der Waals surface area contributed by atoms with Crippen molar-refractivity contribution in [2.45, 2.75) is 45.4 Å². The molecule has 0 saturated heterocycles. The summed E-state index contributed by atoms with van der Waals surface area (Å²) >= 11 is 0. The van der Waals surface area contributed by atoms with Crippen LogP contribution in [0.5, 0.6) is 0 Å². The summed E-state index contributed by atoms with van der Waals surface area (Å²) in [6, 6.07) is 0. The topological polar surface area (TPSA) is 61.8 Å². The third kappa shape index (κ3) is 3.21. The molecule has 6 heteroatoms. The maximum absolute atomic E-state index is 12.4. The van der Waals surface area contributed by atoms with Crippen LogP contribution in [0.1, 0.15) is 45.4 Å². The molecule has 2 aromatic rings. The lowest BCUT2D eigenvalue weighted by Crippen LogP contribution is -2.36. The maximum atomic E-state index is 12.4. The van der Waals surface area contributed by atoms with Crippen LogP contribution in [0.4, 0.5) is 0 Å². The van der Waals surface area contributed by atoms with Gasteiger partial charge in [-0.05, 0) is 12.8 Å². The van der Waals surface area contributed by atoms with Gasteiger partial charge in [0, 0.05) is 20.3 Å². The second-order valence-electron chi connectivity index (χ2n) is 5.63. The number of fused-ring (bicyclic) bond motifs is 1. The van der Waals surface area contributed by atoms with Crippen LogP contribution in [-0.2, 0) is 14.1 Å². The van der Waals surface area contributed by atoms with Crippen molar-refractivity contribution in [1.29, 1.82) is 0 Å². The Morgan fingerprint density at radius 1 is 1.14 bits per heavy atom. The van der Waals surface area contributed by atoms with Gasteiger partial charge in [-0.3, -0.25) is 9.36 Å². The summed E-state index contributed by atoms with van der Waals surface area (Å²) in [5.41, 5.74) is 0.176. The monoisotopic (exact) mass is 304 g/mol. The van der Waals surface area contributed by atoms with Gasteiger partial charge in [0.1, 0.15) is 0 Å². The van der Waals surface area contributed by atoms with Crippen LogP contribution in [0.15, 0.2) is 22.0 Å². The zero-order chi connectivity index (χ0) is 16.1. The van der Waals surface area contributed by atoms with Crippen LogP contribution in [0, 0.1) is 0 Å². The molecule has 0 fully saturated rings. The van der Waals surface area contributed by atoms with E-state index >= 15 is 0 Å². The lowest BCUT2D eigenvalue weighted by Gasteiger charge is -2.04. The first-order chi connectivity index (χ1) is 10.6. The number of aryl methyl sites for hydroxylation is 2. The van der Waals surface area contributed by atoms with E-state index in [0.29, 0.717) is 11.2 Å². The highest BCUT2D eigenvalue weighted by Gasteiger charge is 2.12. The predicted octanol–water partition coefficient (Wildman–Crippen LogP) is 2.26. The lowest BCUT2D eigenvalue weighted by atomic mass is 10.1. The van der Waals surface area contributed by atoms with E-state index in [1.54, 1.807) is 31.2 Å². The van der Waals surface area contributed by atoms with E-state index in [-0.39, 0.29) is 11.2 Å². The van der Waals surface area contributed by atoms with Crippen LogP contribution in [0.3, 0.4) is 0 Å². The second kappa shape index (κ2) is 7.24. The van der Waals surface area contributed by atoms with Crippen LogP contribution >= 0.6 is 0 Å². The third-order valence-corrected chi connectivity index (χ3v) is 3.88. The quantitative estimate of drug-likeness (QED) is 0.737. The van der Waals surface area contributed by atoms with Crippen LogP contribution in [-0.4, -0.2) is 18.7 Å². The van der Waals surface area contributed by atoms with Gasteiger partial charge in [0.25, 0.3) is 5.56 Å². The second-order valence-corrected chi connectivity index (χ2v) is 5.63. The van der Waals surface area contributed by atoms with Crippen LogP contribution in [0.2, 0.25) is 0 Å². The van der Waals surface area contributed by atoms with Gasteiger partial charge in [0.15, 0.2) is 11.2 Å². The van der Waals surface area contributed by atoms with E-state index < -0.39 is 0 Å². The van der Waals surface area contributed by atoms with E-state index in [2.05, 4.69) is 11.9 Å². The van der Waals surface area contributed by atoms with Gasteiger partial charge < -0.3 is 4.57 Å². The molecule has 0 radical (unpaired) electrons. The van der Waals surface area contributed by atoms with E-state index in [4.69, 9.17) is 0 Å². The van der Waals surface area contributed by atoms with Crippen molar-refractivity contribution in [3.8, 4) is 0 Å². The molecule has 0 spiro atoms. The molecule has 0 aliphatic heterocycles. The van der Waals surface area contributed by atoms with Gasteiger partial charge in [-0.15, -0.1) is 0 Å². The smallest absolute Gasteiger partial charge is 0.328 e. The van der Waals surface area contributed by atoms with Crippen molar-refractivity contribution >= 4 is 17.4 Å². The minimum Gasteiger partial charge on any atom is -0.328 e. The Hall–Kier alpha value is -2.11. The number of allylic oxidation sites excluding steroid dienone is 1. The Morgan fingerprint density at radius 3 is 2.59 bits per heavy atom. The Balaban J connectivity index is 2.19. The molecule has 0 aliphatic rings. The summed E-state index contributed by atoms with van der Waals surface area (Å²) in [6.45, 7) is 2.19. The number of hydrogen-bond acceptors (Lipinski definition) is 3. The number of rotatable bonds is 7.